The van der Waals surface area contributed by atoms with Crippen LogP contribution in [0.3, 0.4) is 0 Å². The third kappa shape index (κ3) is 48.4. The van der Waals surface area contributed by atoms with E-state index in [-0.39, 0.29) is 31.1 Å². The van der Waals surface area contributed by atoms with Crippen LogP contribution in [0.15, 0.2) is 48.6 Å². The van der Waals surface area contributed by atoms with Gasteiger partial charge in [-0.05, 0) is 64.2 Å². The van der Waals surface area contributed by atoms with E-state index in [0.29, 0.717) is 19.3 Å². The number of hydrogen-bond donors (Lipinski definition) is 0. The van der Waals surface area contributed by atoms with Crippen LogP contribution in [0.25, 0.3) is 0 Å². The highest BCUT2D eigenvalue weighted by Crippen LogP contribution is 2.15. The average molecular weight is 869 g/mol. The number of hydrogen-bond acceptors (Lipinski definition) is 6. The second-order valence-corrected chi connectivity index (χ2v) is 17.8. The Hall–Kier alpha value is -2.63. The predicted molar refractivity (Wildman–Crippen MR) is 265 cm³/mol. The van der Waals surface area contributed by atoms with Crippen LogP contribution < -0.4 is 0 Å². The molecule has 0 aliphatic heterocycles. The van der Waals surface area contributed by atoms with E-state index in [2.05, 4.69) is 69.4 Å². The maximum absolute atomic E-state index is 12.8. The lowest BCUT2D eigenvalue weighted by atomic mass is 10.0. The summed E-state index contributed by atoms with van der Waals surface area (Å²) in [6.45, 7) is 6.56. The zero-order valence-corrected chi connectivity index (χ0v) is 41.1. The van der Waals surface area contributed by atoms with Gasteiger partial charge in [-0.1, -0.05) is 236 Å². The molecule has 360 valence electrons. The molecule has 0 aliphatic carbocycles. The van der Waals surface area contributed by atoms with Gasteiger partial charge in [-0.15, -0.1) is 0 Å². The largest absolute Gasteiger partial charge is 0.462 e. The van der Waals surface area contributed by atoms with Gasteiger partial charge in [0.2, 0.25) is 0 Å². The fourth-order valence-corrected chi connectivity index (χ4v) is 7.53. The first-order valence-electron chi connectivity index (χ1n) is 26.7. The molecule has 1 unspecified atom stereocenters. The highest BCUT2D eigenvalue weighted by Gasteiger charge is 2.19. The molecule has 0 bridgehead atoms. The SMILES string of the molecule is CCCC/C=C\C=C/CCCCCC(=O)OCC(COC(=O)CCCCCCC/C=C\C=C/CCCCCCCCC)OC(=O)CCCCCCCCCCCCCCCCC. The molecule has 0 saturated carbocycles. The Bertz CT molecular complexity index is 1090. The molecule has 0 aromatic heterocycles. The van der Waals surface area contributed by atoms with Gasteiger partial charge in [-0.2, -0.15) is 0 Å². The number of allylic oxidation sites excluding steroid dienone is 8. The van der Waals surface area contributed by atoms with E-state index < -0.39 is 6.10 Å². The van der Waals surface area contributed by atoms with E-state index in [9.17, 15) is 14.4 Å². The Morgan fingerprint density at radius 2 is 0.581 bits per heavy atom. The van der Waals surface area contributed by atoms with Crippen molar-refractivity contribution in [1.29, 1.82) is 0 Å². The Morgan fingerprint density at radius 1 is 0.323 bits per heavy atom. The fraction of sp³-hybridized carbons (Fsp3) is 0.804. The van der Waals surface area contributed by atoms with Crippen LogP contribution in [0.4, 0.5) is 0 Å². The van der Waals surface area contributed by atoms with Crippen LogP contribution in [-0.4, -0.2) is 37.2 Å². The molecule has 0 N–H and O–H groups in total. The molecular formula is C56H100O6. The van der Waals surface area contributed by atoms with Gasteiger partial charge in [0.25, 0.3) is 0 Å². The normalized spacial score (nSPS) is 12.4. The standard InChI is InChI=1S/C56H100O6/c1-4-7-10-13-16-19-22-24-26-27-28-30-31-34-37-40-43-46-49-55(58)61-52-53(51-60-54(57)48-45-42-39-36-33-21-18-15-12-9-6-3)62-56(59)50-47-44-41-38-35-32-29-25-23-20-17-14-11-8-5-2/h15,18,21,26-28,30,33,53H,4-14,16-17,19-20,22-25,29,31-32,34-52H2,1-3H3/b18-15-,27-26-,30-28-,33-21-. The second-order valence-electron chi connectivity index (χ2n) is 17.8. The van der Waals surface area contributed by atoms with Gasteiger partial charge >= 0.3 is 17.9 Å². The summed E-state index contributed by atoms with van der Waals surface area (Å²) in [5.41, 5.74) is 0. The number of esters is 3. The fourth-order valence-electron chi connectivity index (χ4n) is 7.53. The Morgan fingerprint density at radius 3 is 0.919 bits per heavy atom. The maximum atomic E-state index is 12.8. The highest BCUT2D eigenvalue weighted by atomic mass is 16.6. The summed E-state index contributed by atoms with van der Waals surface area (Å²) in [6.07, 6.45) is 61.0. The Kier molecular flexibility index (Phi) is 48.8. The molecule has 0 heterocycles. The van der Waals surface area contributed by atoms with Gasteiger partial charge in [-0.25, -0.2) is 0 Å². The van der Waals surface area contributed by atoms with Crippen molar-refractivity contribution in [3.63, 3.8) is 0 Å². The van der Waals surface area contributed by atoms with Gasteiger partial charge in [0, 0.05) is 19.3 Å². The van der Waals surface area contributed by atoms with E-state index >= 15 is 0 Å². The third-order valence-corrected chi connectivity index (χ3v) is 11.6. The first kappa shape index (κ1) is 59.4. The number of carbonyl (C=O) groups excluding carboxylic acids is 3. The van der Waals surface area contributed by atoms with E-state index in [4.69, 9.17) is 14.2 Å². The molecule has 0 saturated heterocycles. The minimum absolute atomic E-state index is 0.0875. The first-order valence-corrected chi connectivity index (χ1v) is 26.7. The van der Waals surface area contributed by atoms with Crippen molar-refractivity contribution in [1.82, 2.24) is 0 Å². The van der Waals surface area contributed by atoms with Crippen LogP contribution in [0.2, 0.25) is 0 Å². The Labute approximate surface area is 384 Å². The highest BCUT2D eigenvalue weighted by molar-refractivity contribution is 5.71. The van der Waals surface area contributed by atoms with Gasteiger partial charge in [-0.3, -0.25) is 14.4 Å². The zero-order valence-electron chi connectivity index (χ0n) is 41.1. The third-order valence-electron chi connectivity index (χ3n) is 11.6. The molecule has 0 amide bonds. The van der Waals surface area contributed by atoms with Crippen molar-refractivity contribution in [3.8, 4) is 0 Å². The molecule has 62 heavy (non-hydrogen) atoms. The van der Waals surface area contributed by atoms with Crippen molar-refractivity contribution in [2.75, 3.05) is 13.2 Å². The number of ether oxygens (including phenoxy) is 3. The molecule has 0 aromatic rings. The molecule has 0 aromatic carbocycles. The van der Waals surface area contributed by atoms with E-state index in [1.807, 2.05) is 0 Å². The second kappa shape index (κ2) is 51.0. The smallest absolute Gasteiger partial charge is 0.306 e. The lowest BCUT2D eigenvalue weighted by Gasteiger charge is -2.18. The van der Waals surface area contributed by atoms with Crippen LogP contribution >= 0.6 is 0 Å². The molecule has 1 atom stereocenters. The molecule has 0 radical (unpaired) electrons. The van der Waals surface area contributed by atoms with Crippen LogP contribution in [0.5, 0.6) is 0 Å². The van der Waals surface area contributed by atoms with Crippen molar-refractivity contribution in [2.45, 2.75) is 277 Å². The van der Waals surface area contributed by atoms with Crippen molar-refractivity contribution in [3.05, 3.63) is 48.6 Å². The van der Waals surface area contributed by atoms with Crippen LogP contribution in [0.1, 0.15) is 271 Å². The first-order chi connectivity index (χ1) is 30.5. The summed E-state index contributed by atoms with van der Waals surface area (Å²) in [5.74, 6) is -0.921. The summed E-state index contributed by atoms with van der Waals surface area (Å²) in [5, 5.41) is 0. The molecule has 0 fully saturated rings. The van der Waals surface area contributed by atoms with Gasteiger partial charge in [0.05, 0.1) is 0 Å². The summed E-state index contributed by atoms with van der Waals surface area (Å²) >= 11 is 0. The quantitative estimate of drug-likeness (QED) is 0.0262. The summed E-state index contributed by atoms with van der Waals surface area (Å²) in [7, 11) is 0. The molecule has 6 nitrogen and oxygen atoms in total. The van der Waals surface area contributed by atoms with Gasteiger partial charge in [0.1, 0.15) is 13.2 Å². The van der Waals surface area contributed by atoms with Crippen molar-refractivity contribution in [2.24, 2.45) is 0 Å². The molecular weight excluding hydrogens is 769 g/mol. The van der Waals surface area contributed by atoms with Crippen LogP contribution in [-0.2, 0) is 28.6 Å². The average Bonchev–Trinajstić information content (AvgIpc) is 3.27. The maximum Gasteiger partial charge on any atom is 0.306 e. The van der Waals surface area contributed by atoms with Crippen molar-refractivity contribution >= 4 is 17.9 Å². The van der Waals surface area contributed by atoms with Gasteiger partial charge < -0.3 is 14.2 Å². The molecule has 0 spiro atoms. The molecule has 0 rings (SSSR count). The predicted octanol–water partition coefficient (Wildman–Crippen LogP) is 17.5. The van der Waals surface area contributed by atoms with E-state index in [1.54, 1.807) is 0 Å². The summed E-state index contributed by atoms with van der Waals surface area (Å²) in [6, 6.07) is 0. The lowest BCUT2D eigenvalue weighted by Crippen LogP contribution is -2.30. The number of rotatable bonds is 48. The Balaban J connectivity index is 4.38. The minimum atomic E-state index is -0.787. The minimum Gasteiger partial charge on any atom is -0.462 e. The van der Waals surface area contributed by atoms with Crippen molar-refractivity contribution < 1.29 is 28.6 Å². The monoisotopic (exact) mass is 869 g/mol. The topological polar surface area (TPSA) is 78.9 Å². The number of carbonyl (C=O) groups is 3. The summed E-state index contributed by atoms with van der Waals surface area (Å²) < 4.78 is 16.8. The van der Waals surface area contributed by atoms with E-state index in [1.165, 1.54) is 141 Å². The lowest BCUT2D eigenvalue weighted by molar-refractivity contribution is -0.167. The zero-order chi connectivity index (χ0) is 45.1. The number of unbranched alkanes of at least 4 members (excludes halogenated alkanes) is 31. The van der Waals surface area contributed by atoms with Crippen LogP contribution in [0, 0.1) is 0 Å². The molecule has 6 heteroatoms. The summed E-state index contributed by atoms with van der Waals surface area (Å²) in [4.78, 5) is 38.0. The van der Waals surface area contributed by atoms with E-state index in [0.717, 1.165) is 89.9 Å². The molecule has 0 aliphatic rings. The van der Waals surface area contributed by atoms with Gasteiger partial charge in [0.15, 0.2) is 6.10 Å².